The van der Waals surface area contributed by atoms with Crippen LogP contribution in [0.15, 0.2) is 11.6 Å². The first-order valence-electron chi connectivity index (χ1n) is 6.04. The molecule has 0 aromatic heterocycles. The maximum Gasteiger partial charge on any atom is 0.407 e. The van der Waals surface area contributed by atoms with E-state index in [1.54, 1.807) is 0 Å². The number of nitrogens with one attached hydrogen (secondary N) is 2. The Labute approximate surface area is 105 Å². The van der Waals surface area contributed by atoms with Gasteiger partial charge in [-0.25, -0.2) is 4.79 Å². The smallest absolute Gasteiger partial charge is 0.407 e. The molecule has 1 unspecified atom stereocenters. The molecule has 17 heavy (non-hydrogen) atoms. The molecule has 0 aliphatic heterocycles. The molecule has 0 bridgehead atoms. The molecule has 100 valence electrons. The summed E-state index contributed by atoms with van der Waals surface area (Å²) in [5.74, 6) is 0. The predicted octanol–water partition coefficient (Wildman–Crippen LogP) is 2.46. The summed E-state index contributed by atoms with van der Waals surface area (Å²) in [6, 6.07) is 0.220. The molecule has 0 aromatic carbocycles. The highest BCUT2D eigenvalue weighted by Gasteiger charge is 2.16. The van der Waals surface area contributed by atoms with Gasteiger partial charge in [-0.1, -0.05) is 11.6 Å². The zero-order valence-corrected chi connectivity index (χ0v) is 11.9. The molecule has 1 amide bonds. The topological polar surface area (TPSA) is 50.4 Å². The van der Waals surface area contributed by atoms with Gasteiger partial charge in [0, 0.05) is 19.1 Å². The van der Waals surface area contributed by atoms with Gasteiger partial charge in [-0.15, -0.1) is 0 Å². The molecule has 0 radical (unpaired) electrons. The van der Waals surface area contributed by atoms with E-state index in [2.05, 4.69) is 30.6 Å². The Morgan fingerprint density at radius 2 is 1.94 bits per heavy atom. The summed E-state index contributed by atoms with van der Waals surface area (Å²) < 4.78 is 5.14. The molecule has 4 heteroatoms. The van der Waals surface area contributed by atoms with Crippen molar-refractivity contribution in [3.05, 3.63) is 11.6 Å². The number of hydrogen-bond donors (Lipinski definition) is 2. The zero-order chi connectivity index (χ0) is 13.5. The van der Waals surface area contributed by atoms with Crippen LogP contribution in [0, 0.1) is 0 Å². The molecule has 4 nitrogen and oxygen atoms in total. The summed E-state index contributed by atoms with van der Waals surface area (Å²) in [4.78, 5) is 11.4. The number of alkyl carbamates (subject to hydrolysis) is 1. The second kappa shape index (κ2) is 7.33. The van der Waals surface area contributed by atoms with Crippen LogP contribution in [-0.4, -0.2) is 30.8 Å². The van der Waals surface area contributed by atoms with E-state index in [0.29, 0.717) is 6.54 Å². The van der Waals surface area contributed by atoms with Gasteiger partial charge >= 0.3 is 6.09 Å². The summed E-state index contributed by atoms with van der Waals surface area (Å²) >= 11 is 0. The fraction of sp³-hybridized carbons (Fsp3) is 0.769. The molecule has 0 saturated heterocycles. The van der Waals surface area contributed by atoms with Gasteiger partial charge in [-0.2, -0.15) is 0 Å². The van der Waals surface area contributed by atoms with Crippen LogP contribution < -0.4 is 10.6 Å². The average molecular weight is 242 g/mol. The molecule has 1 atom stereocenters. The molecular formula is C13H26N2O2. The second-order valence-electron chi connectivity index (χ2n) is 5.47. The second-order valence-corrected chi connectivity index (χ2v) is 5.47. The molecule has 0 saturated carbocycles. The molecule has 0 aliphatic carbocycles. The lowest BCUT2D eigenvalue weighted by molar-refractivity contribution is 0.0523. The van der Waals surface area contributed by atoms with Crippen molar-refractivity contribution < 1.29 is 9.53 Å². The van der Waals surface area contributed by atoms with Crippen molar-refractivity contribution in [2.45, 2.75) is 53.2 Å². The Hall–Kier alpha value is -1.03. The van der Waals surface area contributed by atoms with Crippen LogP contribution in [0.25, 0.3) is 0 Å². The number of rotatable bonds is 5. The van der Waals surface area contributed by atoms with Crippen LogP contribution in [0.4, 0.5) is 4.79 Å². The van der Waals surface area contributed by atoms with Gasteiger partial charge in [-0.3, -0.25) is 0 Å². The van der Waals surface area contributed by atoms with Gasteiger partial charge in [0.1, 0.15) is 5.60 Å². The van der Waals surface area contributed by atoms with Crippen molar-refractivity contribution in [2.24, 2.45) is 0 Å². The fourth-order valence-electron chi connectivity index (χ4n) is 1.09. The van der Waals surface area contributed by atoms with Crippen LogP contribution in [-0.2, 0) is 4.74 Å². The summed E-state index contributed by atoms with van der Waals surface area (Å²) in [5, 5.41) is 6.02. The SMILES string of the molecule is CC(C)=CCNC(C)CNC(=O)OC(C)(C)C. The van der Waals surface area contributed by atoms with E-state index in [1.165, 1.54) is 5.57 Å². The van der Waals surface area contributed by atoms with E-state index < -0.39 is 5.60 Å². The van der Waals surface area contributed by atoms with Gasteiger partial charge in [-0.05, 0) is 41.5 Å². The van der Waals surface area contributed by atoms with E-state index in [9.17, 15) is 4.79 Å². The lowest BCUT2D eigenvalue weighted by Gasteiger charge is -2.21. The number of amides is 1. The minimum Gasteiger partial charge on any atom is -0.444 e. The molecule has 0 fully saturated rings. The standard InChI is InChI=1S/C13H26N2O2/c1-10(2)7-8-14-11(3)9-15-12(16)17-13(4,5)6/h7,11,14H,8-9H2,1-6H3,(H,15,16). The van der Waals surface area contributed by atoms with Crippen LogP contribution in [0.3, 0.4) is 0 Å². The van der Waals surface area contributed by atoms with Gasteiger partial charge in [0.25, 0.3) is 0 Å². The molecule has 0 spiro atoms. The first kappa shape index (κ1) is 16.0. The van der Waals surface area contributed by atoms with Crippen LogP contribution in [0.2, 0.25) is 0 Å². The maximum atomic E-state index is 11.4. The van der Waals surface area contributed by atoms with Crippen molar-refractivity contribution in [3.63, 3.8) is 0 Å². The van der Waals surface area contributed by atoms with Crippen LogP contribution >= 0.6 is 0 Å². The van der Waals surface area contributed by atoms with Crippen molar-refractivity contribution in [1.29, 1.82) is 0 Å². The maximum absolute atomic E-state index is 11.4. The Bertz CT molecular complexity index is 263. The number of allylic oxidation sites excluding steroid dienone is 1. The van der Waals surface area contributed by atoms with Crippen molar-refractivity contribution in [3.8, 4) is 0 Å². The molecule has 0 aliphatic rings. The summed E-state index contributed by atoms with van der Waals surface area (Å²) in [5.41, 5.74) is 0.841. The van der Waals surface area contributed by atoms with Crippen LogP contribution in [0.5, 0.6) is 0 Å². The number of carbonyl (C=O) groups excluding carboxylic acids is 1. The summed E-state index contributed by atoms with van der Waals surface area (Å²) in [6.45, 7) is 13.1. The van der Waals surface area contributed by atoms with Crippen molar-refractivity contribution in [1.82, 2.24) is 10.6 Å². The van der Waals surface area contributed by atoms with Gasteiger partial charge in [0.2, 0.25) is 0 Å². The minimum atomic E-state index is -0.442. The highest BCUT2D eigenvalue weighted by Crippen LogP contribution is 2.06. The monoisotopic (exact) mass is 242 g/mol. The minimum absolute atomic E-state index is 0.220. The molecule has 0 rings (SSSR count). The number of ether oxygens (including phenoxy) is 1. The third kappa shape index (κ3) is 11.2. The third-order valence-electron chi connectivity index (χ3n) is 1.93. The lowest BCUT2D eigenvalue weighted by atomic mass is 10.2. The Balaban J connectivity index is 3.73. The predicted molar refractivity (Wildman–Crippen MR) is 71.1 cm³/mol. The average Bonchev–Trinajstić information content (AvgIpc) is 2.11. The van der Waals surface area contributed by atoms with Crippen molar-refractivity contribution in [2.75, 3.05) is 13.1 Å². The highest BCUT2D eigenvalue weighted by molar-refractivity contribution is 5.67. The zero-order valence-electron chi connectivity index (χ0n) is 11.9. The van der Waals surface area contributed by atoms with Gasteiger partial charge < -0.3 is 15.4 Å². The first-order chi connectivity index (χ1) is 7.70. The summed E-state index contributed by atoms with van der Waals surface area (Å²) in [6.07, 6.45) is 1.75. The van der Waals surface area contributed by atoms with Gasteiger partial charge in [0.15, 0.2) is 0 Å². The largest absolute Gasteiger partial charge is 0.444 e. The van der Waals surface area contributed by atoms with Crippen molar-refractivity contribution >= 4 is 6.09 Å². The molecule has 0 aromatic rings. The van der Waals surface area contributed by atoms with Crippen LogP contribution in [0.1, 0.15) is 41.5 Å². The van der Waals surface area contributed by atoms with E-state index in [-0.39, 0.29) is 12.1 Å². The molecule has 2 N–H and O–H groups in total. The third-order valence-corrected chi connectivity index (χ3v) is 1.93. The lowest BCUT2D eigenvalue weighted by Crippen LogP contribution is -2.41. The molecular weight excluding hydrogens is 216 g/mol. The fourth-order valence-corrected chi connectivity index (χ4v) is 1.09. The summed E-state index contributed by atoms with van der Waals surface area (Å²) in [7, 11) is 0. The Morgan fingerprint density at radius 1 is 1.35 bits per heavy atom. The number of carbonyl (C=O) groups is 1. The van der Waals surface area contributed by atoms with E-state index in [4.69, 9.17) is 4.74 Å². The number of hydrogen-bond acceptors (Lipinski definition) is 3. The Morgan fingerprint density at radius 3 is 2.41 bits per heavy atom. The normalized spacial score (nSPS) is 12.8. The van der Waals surface area contributed by atoms with E-state index in [0.717, 1.165) is 6.54 Å². The van der Waals surface area contributed by atoms with Gasteiger partial charge in [0.05, 0.1) is 0 Å². The quantitative estimate of drug-likeness (QED) is 0.728. The first-order valence-corrected chi connectivity index (χ1v) is 6.04. The van der Waals surface area contributed by atoms with E-state index >= 15 is 0 Å². The molecule has 0 heterocycles. The Kier molecular flexibility index (Phi) is 6.88. The highest BCUT2D eigenvalue weighted by atomic mass is 16.6. The van der Waals surface area contributed by atoms with E-state index in [1.807, 2.05) is 27.7 Å².